The first kappa shape index (κ1) is 36.5. The average Bonchev–Trinajstić information content (AvgIpc) is 3.54. The number of benzene rings is 5. The van der Waals surface area contributed by atoms with Crippen molar-refractivity contribution in [3.05, 3.63) is 171 Å². The molecular formula is C45H46Cl2Zr. The van der Waals surface area contributed by atoms with Crippen LogP contribution in [0.15, 0.2) is 121 Å². The van der Waals surface area contributed by atoms with Gasteiger partial charge in [0.25, 0.3) is 0 Å². The molecule has 0 radical (unpaired) electrons. The molecule has 2 aliphatic rings. The van der Waals surface area contributed by atoms with Gasteiger partial charge in [0.05, 0.1) is 0 Å². The third-order valence-corrected chi connectivity index (χ3v) is 19.5. The zero-order chi connectivity index (χ0) is 32.4. The fourth-order valence-electron chi connectivity index (χ4n) is 7.87. The van der Waals surface area contributed by atoms with Gasteiger partial charge in [-0.3, -0.25) is 0 Å². The summed E-state index contributed by atoms with van der Waals surface area (Å²) in [6.45, 7) is 18.9. The fourth-order valence-corrected chi connectivity index (χ4v) is 18.5. The van der Waals surface area contributed by atoms with E-state index >= 15 is 0 Å². The van der Waals surface area contributed by atoms with Gasteiger partial charge < -0.3 is 24.8 Å². The van der Waals surface area contributed by atoms with Gasteiger partial charge in [0.1, 0.15) is 0 Å². The molecule has 0 aliphatic heterocycles. The first-order chi connectivity index (χ1) is 21.9. The molecule has 48 heavy (non-hydrogen) atoms. The molecule has 0 nitrogen and oxygen atoms in total. The Balaban J connectivity index is 0.00000225. The van der Waals surface area contributed by atoms with Crippen LogP contribution in [0.2, 0.25) is 0 Å². The Morgan fingerprint density at radius 2 is 1.02 bits per heavy atom. The maximum atomic E-state index is 2.61. The quantitative estimate of drug-likeness (QED) is 0.221. The van der Waals surface area contributed by atoms with E-state index in [-0.39, 0.29) is 35.6 Å². The molecule has 3 heteroatoms. The van der Waals surface area contributed by atoms with Crippen LogP contribution < -0.4 is 24.8 Å². The number of hydrogen-bond donors (Lipinski definition) is 0. The Labute approximate surface area is 308 Å². The number of fused-ring (bicyclic) bond motifs is 4. The van der Waals surface area contributed by atoms with E-state index in [2.05, 4.69) is 177 Å². The predicted octanol–water partition coefficient (Wildman–Crippen LogP) is 5.71. The van der Waals surface area contributed by atoms with Crippen molar-refractivity contribution in [3.63, 3.8) is 0 Å². The second-order valence-corrected chi connectivity index (χ2v) is 21.8. The summed E-state index contributed by atoms with van der Waals surface area (Å²) in [5, 5.41) is 0. The minimum absolute atomic E-state index is 0. The molecule has 5 aromatic rings. The monoisotopic (exact) mass is 746 g/mol. The Hall–Kier alpha value is -2.83. The van der Waals surface area contributed by atoms with Crippen LogP contribution in [0.3, 0.4) is 0 Å². The van der Waals surface area contributed by atoms with Gasteiger partial charge in [-0.2, -0.15) is 0 Å². The van der Waals surface area contributed by atoms with E-state index in [1.54, 1.807) is 19.9 Å². The van der Waals surface area contributed by atoms with E-state index < -0.39 is 21.3 Å². The molecule has 0 spiro atoms. The van der Waals surface area contributed by atoms with Crippen molar-refractivity contribution in [1.29, 1.82) is 0 Å². The summed E-state index contributed by atoms with van der Waals surface area (Å²) in [6.07, 6.45) is 2.51. The van der Waals surface area contributed by atoms with E-state index in [0.717, 1.165) is 0 Å². The van der Waals surface area contributed by atoms with E-state index in [9.17, 15) is 0 Å². The summed E-state index contributed by atoms with van der Waals surface area (Å²) in [7, 11) is 0. The SMILES string of the molecule is CC1=Cc2cccc(C)c2[CH]1[Zr+2](=[C](c1ccccc1)c1ccccc1)[CH]1c2cc(C(C)(C)C)ccc2-c2ccc(C(C)(C)C)cc21.[Cl-].[Cl-]. The summed E-state index contributed by atoms with van der Waals surface area (Å²) in [4.78, 5) is 0. The largest absolute Gasteiger partial charge is 1.00 e. The molecule has 0 saturated heterocycles. The van der Waals surface area contributed by atoms with Crippen molar-refractivity contribution in [2.24, 2.45) is 0 Å². The standard InChI is InChI=1S/C21H25.C13H10.C11H11.2ClH.Zr/c1-20(2,3)16-7-9-18-14(12-16)11-15-13-17(21(4,5)6)8-10-19(15)18;1-3-7-12(8-4-1)11-13-9-5-2-6-10-13;1-8-6-10-5-3-4-9(2)11(10)7-8;;;/h7-13H,1-6H3;1-10H;3-7H,1-2H3;2*1H;/q;;;;;+2/p-2. The van der Waals surface area contributed by atoms with E-state index in [4.69, 9.17) is 0 Å². The topological polar surface area (TPSA) is 0 Å². The van der Waals surface area contributed by atoms with Crippen LogP contribution >= 0.6 is 0 Å². The molecule has 0 fully saturated rings. The molecular weight excluding hydrogens is 703 g/mol. The summed E-state index contributed by atoms with van der Waals surface area (Å²) in [5.41, 5.74) is 17.8. The van der Waals surface area contributed by atoms with E-state index in [1.807, 2.05) is 0 Å². The van der Waals surface area contributed by atoms with Crippen molar-refractivity contribution in [1.82, 2.24) is 0 Å². The normalized spacial score (nSPS) is 14.8. The first-order valence-corrected chi connectivity index (χ1v) is 20.9. The number of aryl methyl sites for hydroxylation is 1. The average molecular weight is 749 g/mol. The molecule has 0 amide bonds. The van der Waals surface area contributed by atoms with Crippen LogP contribution in [0.1, 0.15) is 106 Å². The Morgan fingerprint density at radius 1 is 0.542 bits per heavy atom. The Kier molecular flexibility index (Phi) is 10.5. The van der Waals surface area contributed by atoms with Gasteiger partial charge in [0, 0.05) is 0 Å². The minimum Gasteiger partial charge on any atom is -1.00 e. The van der Waals surface area contributed by atoms with Gasteiger partial charge in [-0.15, -0.1) is 0 Å². The molecule has 244 valence electrons. The number of rotatable bonds is 4. The zero-order valence-electron chi connectivity index (χ0n) is 29.5. The third kappa shape index (κ3) is 6.44. The molecule has 0 N–H and O–H groups in total. The summed E-state index contributed by atoms with van der Waals surface area (Å²) >= 11 is -2.91. The van der Waals surface area contributed by atoms with Crippen LogP contribution in [-0.2, 0) is 32.1 Å². The smallest absolute Gasteiger partial charge is 1.00 e. The van der Waals surface area contributed by atoms with Gasteiger partial charge in [-0.05, 0) is 0 Å². The maximum absolute atomic E-state index is 2.91. The second-order valence-electron chi connectivity index (χ2n) is 15.5. The predicted molar refractivity (Wildman–Crippen MR) is 195 cm³/mol. The van der Waals surface area contributed by atoms with Gasteiger partial charge in [-0.1, -0.05) is 0 Å². The minimum atomic E-state index is -2.91. The van der Waals surface area contributed by atoms with Gasteiger partial charge in [0.15, 0.2) is 0 Å². The molecule has 1 atom stereocenters. The number of halogens is 2. The van der Waals surface area contributed by atoms with Gasteiger partial charge >= 0.3 is 286 Å². The second kappa shape index (κ2) is 13.8. The van der Waals surface area contributed by atoms with Crippen LogP contribution in [0, 0.1) is 6.92 Å². The van der Waals surface area contributed by atoms with Crippen LogP contribution in [0.5, 0.6) is 0 Å². The fraction of sp³-hybridized carbons (Fsp3) is 0.267. The molecule has 2 aliphatic carbocycles. The van der Waals surface area contributed by atoms with Gasteiger partial charge in [0.2, 0.25) is 0 Å². The van der Waals surface area contributed by atoms with Crippen LogP contribution in [0.25, 0.3) is 17.2 Å². The number of allylic oxidation sites excluding steroid dienone is 1. The Morgan fingerprint density at radius 3 is 1.48 bits per heavy atom. The summed E-state index contributed by atoms with van der Waals surface area (Å²) in [5.74, 6) is 0. The van der Waals surface area contributed by atoms with Crippen molar-refractivity contribution in [2.45, 2.75) is 73.5 Å². The van der Waals surface area contributed by atoms with Crippen molar-refractivity contribution < 1.29 is 46.1 Å². The third-order valence-electron chi connectivity index (χ3n) is 10.3. The van der Waals surface area contributed by atoms with Crippen molar-refractivity contribution in [2.75, 3.05) is 0 Å². The van der Waals surface area contributed by atoms with Crippen LogP contribution in [-0.4, -0.2) is 3.21 Å². The number of hydrogen-bond acceptors (Lipinski definition) is 0. The molecule has 0 saturated carbocycles. The van der Waals surface area contributed by atoms with E-state index in [0.29, 0.717) is 7.25 Å². The zero-order valence-corrected chi connectivity index (χ0v) is 33.4. The van der Waals surface area contributed by atoms with Gasteiger partial charge in [-0.25, -0.2) is 0 Å². The summed E-state index contributed by atoms with van der Waals surface area (Å²) < 4.78 is 2.45. The molecule has 0 aromatic heterocycles. The molecule has 0 bridgehead atoms. The molecule has 1 unspecified atom stereocenters. The Bertz CT molecular complexity index is 1920. The molecule has 5 aromatic carbocycles. The first-order valence-electron chi connectivity index (χ1n) is 16.9. The van der Waals surface area contributed by atoms with E-state index in [1.165, 1.54) is 50.1 Å². The maximum Gasteiger partial charge on any atom is -1.00 e. The van der Waals surface area contributed by atoms with Crippen molar-refractivity contribution >= 4 is 9.28 Å². The molecule has 0 heterocycles. The summed E-state index contributed by atoms with van der Waals surface area (Å²) in [6, 6.07) is 44.6. The molecule has 7 rings (SSSR count). The van der Waals surface area contributed by atoms with Crippen LogP contribution in [0.4, 0.5) is 0 Å². The van der Waals surface area contributed by atoms with Crippen molar-refractivity contribution in [3.8, 4) is 11.1 Å².